The number of hydrogen-bond donors (Lipinski definition) is 3. The maximum Gasteiger partial charge on any atom is 0.408 e. The third-order valence-electron chi connectivity index (χ3n) is 5.95. The van der Waals surface area contributed by atoms with E-state index in [2.05, 4.69) is 10.6 Å². The molecule has 3 N–H and O–H groups in total. The van der Waals surface area contributed by atoms with Gasteiger partial charge < -0.3 is 25.4 Å². The second-order valence-electron chi connectivity index (χ2n) is 11.4. The summed E-state index contributed by atoms with van der Waals surface area (Å²) in [5, 5.41) is 15.7. The first-order chi connectivity index (χ1) is 16.2. The highest BCUT2D eigenvalue weighted by molar-refractivity contribution is 5.92. The Labute approximate surface area is 209 Å². The Kier molecular flexibility index (Phi) is 9.72. The molecule has 2 atom stereocenters. The molecular formula is C27H43N3O5. The van der Waals surface area contributed by atoms with Gasteiger partial charge in [-0.15, -0.1) is 0 Å². The predicted octanol–water partition coefficient (Wildman–Crippen LogP) is 4.00. The molecule has 1 aromatic carbocycles. The molecule has 0 aromatic heterocycles. The maximum absolute atomic E-state index is 13.8. The van der Waals surface area contributed by atoms with E-state index in [0.717, 1.165) is 37.7 Å². The number of ether oxygens (including phenoxy) is 1. The van der Waals surface area contributed by atoms with E-state index in [4.69, 9.17) is 4.74 Å². The summed E-state index contributed by atoms with van der Waals surface area (Å²) in [6.45, 7) is 12.0. The summed E-state index contributed by atoms with van der Waals surface area (Å²) in [7, 11) is 0. The average Bonchev–Trinajstić information content (AvgIpc) is 2.73. The SMILES string of the molecule is Cc1cccc(C(C(=O)NC2CCCCC2)N(C(=O)C(CO)NC(=O)OC(C)(C)C)C(C)(C)C)c1. The van der Waals surface area contributed by atoms with Gasteiger partial charge in [0.25, 0.3) is 0 Å². The number of benzene rings is 1. The van der Waals surface area contributed by atoms with Crippen molar-refractivity contribution < 1.29 is 24.2 Å². The first-order valence-corrected chi connectivity index (χ1v) is 12.5. The van der Waals surface area contributed by atoms with Crippen molar-refractivity contribution in [1.29, 1.82) is 0 Å². The number of aliphatic hydroxyl groups is 1. The van der Waals surface area contributed by atoms with E-state index in [9.17, 15) is 19.5 Å². The summed E-state index contributed by atoms with van der Waals surface area (Å²) in [5.74, 6) is -0.823. The van der Waals surface area contributed by atoms with Crippen molar-refractivity contribution in [3.05, 3.63) is 35.4 Å². The Morgan fingerprint density at radius 2 is 1.71 bits per heavy atom. The van der Waals surface area contributed by atoms with Crippen molar-refractivity contribution in [2.75, 3.05) is 6.61 Å². The minimum atomic E-state index is -1.26. The van der Waals surface area contributed by atoms with E-state index >= 15 is 0 Å². The highest BCUT2D eigenvalue weighted by Gasteiger charge is 2.42. The molecule has 0 radical (unpaired) electrons. The van der Waals surface area contributed by atoms with E-state index in [-0.39, 0.29) is 11.9 Å². The molecule has 0 bridgehead atoms. The Hall–Kier alpha value is -2.61. The molecule has 0 saturated heterocycles. The van der Waals surface area contributed by atoms with Crippen LogP contribution in [0.3, 0.4) is 0 Å². The fourth-order valence-corrected chi connectivity index (χ4v) is 4.43. The molecule has 2 rings (SSSR count). The molecule has 35 heavy (non-hydrogen) atoms. The van der Waals surface area contributed by atoms with E-state index in [0.29, 0.717) is 5.56 Å². The molecule has 8 nitrogen and oxygen atoms in total. The van der Waals surface area contributed by atoms with Gasteiger partial charge in [-0.2, -0.15) is 0 Å². The monoisotopic (exact) mass is 489 g/mol. The van der Waals surface area contributed by atoms with Gasteiger partial charge in [-0.1, -0.05) is 49.1 Å². The van der Waals surface area contributed by atoms with Crippen molar-refractivity contribution in [2.24, 2.45) is 0 Å². The van der Waals surface area contributed by atoms with E-state index < -0.39 is 41.8 Å². The molecular weight excluding hydrogens is 446 g/mol. The molecule has 1 fully saturated rings. The second kappa shape index (κ2) is 11.9. The lowest BCUT2D eigenvalue weighted by Crippen LogP contribution is -2.60. The molecule has 2 unspecified atom stereocenters. The molecule has 196 valence electrons. The predicted molar refractivity (Wildman–Crippen MR) is 136 cm³/mol. The fraction of sp³-hybridized carbons (Fsp3) is 0.667. The first-order valence-electron chi connectivity index (χ1n) is 12.5. The van der Waals surface area contributed by atoms with Crippen LogP contribution in [0.25, 0.3) is 0 Å². The number of carbonyl (C=O) groups is 3. The number of aryl methyl sites for hydroxylation is 1. The van der Waals surface area contributed by atoms with Gasteiger partial charge in [0.15, 0.2) is 0 Å². The average molecular weight is 490 g/mol. The smallest absolute Gasteiger partial charge is 0.408 e. The maximum atomic E-state index is 13.8. The van der Waals surface area contributed by atoms with E-state index in [1.54, 1.807) is 20.8 Å². The van der Waals surface area contributed by atoms with Crippen LogP contribution in [0, 0.1) is 6.92 Å². The van der Waals surface area contributed by atoms with E-state index in [1.165, 1.54) is 4.90 Å². The lowest BCUT2D eigenvalue weighted by atomic mass is 9.92. The van der Waals surface area contributed by atoms with Crippen LogP contribution in [0.5, 0.6) is 0 Å². The summed E-state index contributed by atoms with van der Waals surface area (Å²) >= 11 is 0. The summed E-state index contributed by atoms with van der Waals surface area (Å²) in [5.41, 5.74) is 0.0830. The normalized spacial score (nSPS) is 16.7. The lowest BCUT2D eigenvalue weighted by molar-refractivity contribution is -0.149. The summed E-state index contributed by atoms with van der Waals surface area (Å²) < 4.78 is 5.28. The molecule has 1 aliphatic carbocycles. The summed E-state index contributed by atoms with van der Waals surface area (Å²) in [6, 6.07) is 5.39. The number of nitrogens with one attached hydrogen (secondary N) is 2. The van der Waals surface area contributed by atoms with Gasteiger partial charge in [0, 0.05) is 11.6 Å². The van der Waals surface area contributed by atoms with Gasteiger partial charge in [0.1, 0.15) is 17.7 Å². The molecule has 8 heteroatoms. The number of amides is 3. The van der Waals surface area contributed by atoms with Crippen molar-refractivity contribution >= 4 is 17.9 Å². The van der Waals surface area contributed by atoms with Gasteiger partial charge >= 0.3 is 6.09 Å². The Morgan fingerprint density at radius 3 is 2.23 bits per heavy atom. The van der Waals surface area contributed by atoms with Crippen LogP contribution in [0.4, 0.5) is 4.79 Å². The van der Waals surface area contributed by atoms with Crippen molar-refractivity contribution in [1.82, 2.24) is 15.5 Å². The topological polar surface area (TPSA) is 108 Å². The number of alkyl carbamates (subject to hydrolysis) is 1. The van der Waals surface area contributed by atoms with Crippen molar-refractivity contribution in [3.63, 3.8) is 0 Å². The van der Waals surface area contributed by atoms with Crippen LogP contribution < -0.4 is 10.6 Å². The van der Waals surface area contributed by atoms with Crippen LogP contribution in [0.1, 0.15) is 90.8 Å². The molecule has 3 amide bonds. The van der Waals surface area contributed by atoms with Gasteiger partial charge in [-0.3, -0.25) is 9.59 Å². The minimum Gasteiger partial charge on any atom is -0.444 e. The zero-order valence-corrected chi connectivity index (χ0v) is 22.3. The number of nitrogens with zero attached hydrogens (tertiary/aromatic N) is 1. The van der Waals surface area contributed by atoms with Crippen LogP contribution in [-0.2, 0) is 14.3 Å². The molecule has 0 aliphatic heterocycles. The third kappa shape index (κ3) is 8.53. The van der Waals surface area contributed by atoms with Crippen molar-refractivity contribution in [2.45, 2.75) is 110 Å². The van der Waals surface area contributed by atoms with Crippen LogP contribution in [-0.4, -0.2) is 57.7 Å². The van der Waals surface area contributed by atoms with Crippen molar-refractivity contribution in [3.8, 4) is 0 Å². The van der Waals surface area contributed by atoms with Gasteiger partial charge in [0.05, 0.1) is 6.61 Å². The molecule has 0 heterocycles. The third-order valence-corrected chi connectivity index (χ3v) is 5.95. The highest BCUT2D eigenvalue weighted by Crippen LogP contribution is 2.31. The summed E-state index contributed by atoms with van der Waals surface area (Å²) in [4.78, 5) is 41.5. The zero-order chi connectivity index (χ0) is 26.4. The van der Waals surface area contributed by atoms with Crippen LogP contribution >= 0.6 is 0 Å². The standard InChI is InChI=1S/C27H43N3O5/c1-18-12-11-13-19(16-18)22(23(32)28-20-14-9-8-10-15-20)30(26(2,3)4)24(33)21(17-31)29-25(34)35-27(5,6)7/h11-13,16,20-22,31H,8-10,14-15,17H2,1-7H3,(H,28,32)(H,29,34). The molecule has 1 aromatic rings. The Balaban J connectivity index is 2.44. The first kappa shape index (κ1) is 28.6. The minimum absolute atomic E-state index is 0.0639. The van der Waals surface area contributed by atoms with Crippen LogP contribution in [0.2, 0.25) is 0 Å². The number of carbonyl (C=O) groups excluding carboxylic acids is 3. The Bertz CT molecular complexity index is 882. The lowest BCUT2D eigenvalue weighted by Gasteiger charge is -2.43. The second-order valence-corrected chi connectivity index (χ2v) is 11.4. The van der Waals surface area contributed by atoms with Crippen LogP contribution in [0.15, 0.2) is 24.3 Å². The molecule has 0 spiro atoms. The fourth-order valence-electron chi connectivity index (χ4n) is 4.43. The highest BCUT2D eigenvalue weighted by atomic mass is 16.6. The van der Waals surface area contributed by atoms with E-state index in [1.807, 2.05) is 52.0 Å². The van der Waals surface area contributed by atoms with Gasteiger partial charge in [-0.25, -0.2) is 4.79 Å². The number of rotatable bonds is 7. The number of hydrogen-bond acceptors (Lipinski definition) is 5. The quantitative estimate of drug-likeness (QED) is 0.537. The van der Waals surface area contributed by atoms with Gasteiger partial charge in [0.2, 0.25) is 11.8 Å². The largest absolute Gasteiger partial charge is 0.444 e. The zero-order valence-electron chi connectivity index (χ0n) is 22.3. The molecule has 1 aliphatic rings. The van der Waals surface area contributed by atoms with Gasteiger partial charge in [-0.05, 0) is 66.9 Å². The molecule has 1 saturated carbocycles. The Morgan fingerprint density at radius 1 is 1.09 bits per heavy atom. The summed E-state index contributed by atoms with van der Waals surface area (Å²) in [6.07, 6.45) is 4.31. The number of aliphatic hydroxyl groups excluding tert-OH is 1.